The smallest absolute Gasteiger partial charge is 0.303 e. The summed E-state index contributed by atoms with van der Waals surface area (Å²) in [4.78, 5) is 45.7. The Labute approximate surface area is 156 Å². The molecule has 0 N–H and O–H groups in total. The fraction of sp³-hybridized carbons (Fsp3) is 0.647. The summed E-state index contributed by atoms with van der Waals surface area (Å²) in [5.41, 5.74) is 0. The first kappa shape index (κ1) is 22.4. The first-order chi connectivity index (χ1) is 12.6. The van der Waals surface area contributed by atoms with Crippen molar-refractivity contribution in [3.05, 3.63) is 0 Å². The highest BCUT2D eigenvalue weighted by Gasteiger charge is 2.52. The topological polar surface area (TPSA) is 124 Å². The summed E-state index contributed by atoms with van der Waals surface area (Å²) in [7, 11) is 0. The van der Waals surface area contributed by atoms with Gasteiger partial charge in [0.05, 0.1) is 0 Å². The molecule has 0 aliphatic carbocycles. The number of carbonyl (C=O) groups excluding carboxylic acids is 4. The zero-order valence-corrected chi connectivity index (χ0v) is 15.5. The molecular weight excluding hydrogens is 364 g/mol. The van der Waals surface area contributed by atoms with Gasteiger partial charge in [-0.1, -0.05) is 5.92 Å². The highest BCUT2D eigenvalue weighted by atomic mass is 16.7. The van der Waals surface area contributed by atoms with E-state index in [1.807, 2.05) is 0 Å². The molecule has 1 rings (SSSR count). The molecule has 0 amide bonds. The number of esters is 4. The third-order valence-corrected chi connectivity index (χ3v) is 3.28. The molecule has 1 saturated heterocycles. The van der Waals surface area contributed by atoms with Gasteiger partial charge in [0.2, 0.25) is 0 Å². The van der Waals surface area contributed by atoms with Gasteiger partial charge in [-0.05, 0) is 0 Å². The normalized spacial score (nSPS) is 27.0. The number of ether oxygens (including phenoxy) is 6. The molecule has 0 saturated carbocycles. The van der Waals surface area contributed by atoms with E-state index in [0.29, 0.717) is 0 Å². The Hall–Kier alpha value is -2.64. The third kappa shape index (κ3) is 7.24. The molecule has 1 aliphatic heterocycles. The molecule has 5 atom stereocenters. The van der Waals surface area contributed by atoms with E-state index in [9.17, 15) is 19.2 Å². The largest absolute Gasteiger partial charge is 0.463 e. The molecule has 10 heteroatoms. The van der Waals surface area contributed by atoms with Gasteiger partial charge in [0.1, 0.15) is 19.3 Å². The van der Waals surface area contributed by atoms with E-state index in [-0.39, 0.29) is 13.2 Å². The van der Waals surface area contributed by atoms with E-state index in [1.54, 1.807) is 0 Å². The highest BCUT2D eigenvalue weighted by Crippen LogP contribution is 2.29. The van der Waals surface area contributed by atoms with Gasteiger partial charge in [0.15, 0.2) is 24.6 Å². The zero-order valence-electron chi connectivity index (χ0n) is 15.5. The molecule has 27 heavy (non-hydrogen) atoms. The molecule has 0 spiro atoms. The van der Waals surface area contributed by atoms with Crippen LogP contribution in [0, 0.1) is 12.3 Å². The average molecular weight is 386 g/mol. The van der Waals surface area contributed by atoms with Gasteiger partial charge in [0.25, 0.3) is 0 Å². The Morgan fingerprint density at radius 3 is 1.85 bits per heavy atom. The molecular formula is C17H22O10. The number of terminal acetylenes is 1. The maximum Gasteiger partial charge on any atom is 0.303 e. The van der Waals surface area contributed by atoms with Crippen molar-refractivity contribution >= 4 is 23.9 Å². The summed E-state index contributed by atoms with van der Waals surface area (Å²) in [6, 6.07) is 0. The van der Waals surface area contributed by atoms with Crippen molar-refractivity contribution in [1.29, 1.82) is 0 Å². The van der Waals surface area contributed by atoms with Gasteiger partial charge in [-0.15, -0.1) is 6.42 Å². The molecule has 0 radical (unpaired) electrons. The first-order valence-electron chi connectivity index (χ1n) is 8.01. The van der Waals surface area contributed by atoms with Gasteiger partial charge in [-0.2, -0.15) is 0 Å². The van der Waals surface area contributed by atoms with Crippen molar-refractivity contribution < 1.29 is 47.6 Å². The maximum atomic E-state index is 11.6. The van der Waals surface area contributed by atoms with Gasteiger partial charge < -0.3 is 28.4 Å². The zero-order chi connectivity index (χ0) is 20.6. The molecule has 0 bridgehead atoms. The van der Waals surface area contributed by atoms with Gasteiger partial charge in [0, 0.05) is 27.7 Å². The van der Waals surface area contributed by atoms with Crippen LogP contribution in [0.15, 0.2) is 0 Å². The van der Waals surface area contributed by atoms with Crippen LogP contribution >= 0.6 is 0 Å². The summed E-state index contributed by atoms with van der Waals surface area (Å²) in [6.45, 7) is 4.05. The second-order valence-corrected chi connectivity index (χ2v) is 5.58. The van der Waals surface area contributed by atoms with Crippen molar-refractivity contribution in [3.63, 3.8) is 0 Å². The summed E-state index contributed by atoms with van der Waals surface area (Å²) < 4.78 is 31.5. The fourth-order valence-electron chi connectivity index (χ4n) is 2.45. The van der Waals surface area contributed by atoms with E-state index in [4.69, 9.17) is 34.8 Å². The molecule has 1 fully saturated rings. The minimum atomic E-state index is -1.27. The number of hydrogen-bond donors (Lipinski definition) is 0. The minimum Gasteiger partial charge on any atom is -0.463 e. The average Bonchev–Trinajstić information content (AvgIpc) is 2.54. The molecule has 0 aromatic heterocycles. The highest BCUT2D eigenvalue weighted by molar-refractivity contribution is 5.68. The molecule has 0 aromatic rings. The van der Waals surface area contributed by atoms with Gasteiger partial charge in [-0.25, -0.2) is 0 Å². The summed E-state index contributed by atoms with van der Waals surface area (Å²) in [5, 5.41) is 0. The van der Waals surface area contributed by atoms with Crippen molar-refractivity contribution in [2.45, 2.75) is 58.4 Å². The predicted octanol–water partition coefficient (Wildman–Crippen LogP) is -0.281. The monoisotopic (exact) mass is 386 g/mol. The fourth-order valence-corrected chi connectivity index (χ4v) is 2.45. The minimum absolute atomic E-state index is 0.201. The molecule has 1 heterocycles. The summed E-state index contributed by atoms with van der Waals surface area (Å²) >= 11 is 0. The number of hydrogen-bond acceptors (Lipinski definition) is 10. The third-order valence-electron chi connectivity index (χ3n) is 3.28. The van der Waals surface area contributed by atoms with Crippen LogP contribution in [0.4, 0.5) is 0 Å². The van der Waals surface area contributed by atoms with E-state index < -0.39 is 54.6 Å². The SMILES string of the molecule is C#CCO[C@@H]1O[C@H](COC(C)=O)[C@H](OC(C)=O)[C@H](OC(C)=O)[C@H]1OC(C)=O. The van der Waals surface area contributed by atoms with Gasteiger partial charge in [-0.3, -0.25) is 19.2 Å². The standard InChI is InChI=1S/C17H22O10/c1-6-7-22-17-16(26-12(5)21)15(25-11(4)20)14(24-10(3)19)13(27-17)8-23-9(2)18/h1,13-17H,7-8H2,2-5H3/t13-,14+,15+,16-,17-/m1/s1. The van der Waals surface area contributed by atoms with Crippen LogP contribution in [-0.4, -0.2) is 67.8 Å². The molecule has 10 nitrogen and oxygen atoms in total. The summed E-state index contributed by atoms with van der Waals surface area (Å²) in [5.74, 6) is -0.519. The van der Waals surface area contributed by atoms with E-state index in [0.717, 1.165) is 20.8 Å². The van der Waals surface area contributed by atoms with Crippen LogP contribution in [0.1, 0.15) is 27.7 Å². The van der Waals surface area contributed by atoms with Crippen LogP contribution in [0.3, 0.4) is 0 Å². The lowest BCUT2D eigenvalue weighted by atomic mass is 9.98. The van der Waals surface area contributed by atoms with E-state index in [1.165, 1.54) is 6.92 Å². The van der Waals surface area contributed by atoms with Gasteiger partial charge >= 0.3 is 23.9 Å². The molecule has 1 aliphatic rings. The Bertz CT molecular complexity index is 607. The Morgan fingerprint density at radius 1 is 0.852 bits per heavy atom. The van der Waals surface area contributed by atoms with Crippen molar-refractivity contribution in [2.75, 3.05) is 13.2 Å². The Kier molecular flexibility index (Phi) is 8.71. The molecule has 0 aromatic carbocycles. The number of rotatable bonds is 7. The maximum absolute atomic E-state index is 11.6. The quantitative estimate of drug-likeness (QED) is 0.328. The Morgan fingerprint density at radius 2 is 1.37 bits per heavy atom. The van der Waals surface area contributed by atoms with Crippen LogP contribution in [0.25, 0.3) is 0 Å². The van der Waals surface area contributed by atoms with Crippen LogP contribution in [0.2, 0.25) is 0 Å². The van der Waals surface area contributed by atoms with Crippen molar-refractivity contribution in [2.24, 2.45) is 0 Å². The first-order valence-corrected chi connectivity index (χ1v) is 8.01. The predicted molar refractivity (Wildman–Crippen MR) is 86.7 cm³/mol. The molecule has 150 valence electrons. The number of carbonyl (C=O) groups is 4. The van der Waals surface area contributed by atoms with E-state index in [2.05, 4.69) is 5.92 Å². The van der Waals surface area contributed by atoms with Crippen LogP contribution in [0.5, 0.6) is 0 Å². The lowest BCUT2D eigenvalue weighted by Gasteiger charge is -2.43. The lowest BCUT2D eigenvalue weighted by molar-refractivity contribution is -0.305. The second kappa shape index (κ2) is 10.5. The molecule has 0 unspecified atom stereocenters. The second-order valence-electron chi connectivity index (χ2n) is 5.58. The van der Waals surface area contributed by atoms with Crippen LogP contribution < -0.4 is 0 Å². The van der Waals surface area contributed by atoms with Crippen LogP contribution in [-0.2, 0) is 47.6 Å². The van der Waals surface area contributed by atoms with Crippen molar-refractivity contribution in [1.82, 2.24) is 0 Å². The lowest BCUT2D eigenvalue weighted by Crippen LogP contribution is -2.62. The van der Waals surface area contributed by atoms with Crippen molar-refractivity contribution in [3.8, 4) is 12.3 Å². The summed E-state index contributed by atoms with van der Waals surface area (Å²) in [6.07, 6.45) is -0.894. The van der Waals surface area contributed by atoms with E-state index >= 15 is 0 Å². The Balaban J connectivity index is 3.25.